The Morgan fingerprint density at radius 1 is 0.627 bits per heavy atom. The van der Waals surface area contributed by atoms with Crippen LogP contribution >= 0.6 is 0 Å². The number of rotatable bonds is 9. The first kappa shape index (κ1) is 40.0. The van der Waals surface area contributed by atoms with Gasteiger partial charge in [0, 0.05) is 5.70 Å². The molecular weight excluding hydrogens is 615 g/mol. The molecular formula is C50H57N. The molecule has 0 aliphatic carbocycles. The lowest BCUT2D eigenvalue weighted by Gasteiger charge is -2.18. The average Bonchev–Trinajstić information content (AvgIpc) is 3.14. The Hall–Kier alpha value is -5.40. The van der Waals surface area contributed by atoms with Crippen molar-refractivity contribution in [3.63, 3.8) is 0 Å². The summed E-state index contributed by atoms with van der Waals surface area (Å²) in [6.45, 7) is 21.0. The zero-order chi connectivity index (χ0) is 37.2. The molecule has 0 aliphatic heterocycles. The molecule has 5 aromatic rings. The van der Waals surface area contributed by atoms with Crippen molar-refractivity contribution in [3.05, 3.63) is 186 Å². The van der Waals surface area contributed by atoms with Crippen LogP contribution < -0.4 is 5.73 Å². The van der Waals surface area contributed by atoms with Gasteiger partial charge in [-0.2, -0.15) is 0 Å². The maximum Gasteiger partial charge on any atom is 0.0313 e. The first-order valence-electron chi connectivity index (χ1n) is 18.1. The Morgan fingerprint density at radius 3 is 1.63 bits per heavy atom. The Labute approximate surface area is 308 Å². The number of hydrogen-bond acceptors (Lipinski definition) is 1. The topological polar surface area (TPSA) is 26.0 Å². The summed E-state index contributed by atoms with van der Waals surface area (Å²) >= 11 is 0. The van der Waals surface area contributed by atoms with Crippen LogP contribution in [0.3, 0.4) is 0 Å². The van der Waals surface area contributed by atoms with Crippen LogP contribution in [0, 0.1) is 6.92 Å². The first-order valence-corrected chi connectivity index (χ1v) is 18.1. The van der Waals surface area contributed by atoms with Crippen molar-refractivity contribution in [2.75, 3.05) is 0 Å². The lowest BCUT2D eigenvalue weighted by molar-refractivity contribution is 1.20. The predicted molar refractivity (Wildman–Crippen MR) is 231 cm³/mol. The molecule has 0 aromatic heterocycles. The molecule has 1 heteroatoms. The van der Waals surface area contributed by atoms with Crippen LogP contribution in [0.5, 0.6) is 0 Å². The molecule has 0 saturated heterocycles. The van der Waals surface area contributed by atoms with Gasteiger partial charge in [-0.1, -0.05) is 176 Å². The molecule has 262 valence electrons. The lowest BCUT2D eigenvalue weighted by Crippen LogP contribution is -1.91. The van der Waals surface area contributed by atoms with Crippen molar-refractivity contribution in [1.82, 2.24) is 0 Å². The average molecular weight is 672 g/mol. The van der Waals surface area contributed by atoms with Crippen LogP contribution in [0.25, 0.3) is 49.4 Å². The second kappa shape index (κ2) is 21.0. The Morgan fingerprint density at radius 2 is 1.16 bits per heavy atom. The monoisotopic (exact) mass is 671 g/mol. The number of benzene rings is 5. The summed E-state index contributed by atoms with van der Waals surface area (Å²) in [6, 6.07) is 35.2. The van der Waals surface area contributed by atoms with E-state index in [0.29, 0.717) is 0 Å². The SMILES string of the molecule is C=C(C)c1cccc(-c2c3ccccc3c(-c3cccc(C)c3)c3ccccc23)c1.CC/C=C\C(C)=C(C)C.C\C=C/C=C(N)/C=C\C=C/CC. The molecule has 0 fully saturated rings. The molecule has 0 bridgehead atoms. The zero-order valence-corrected chi connectivity index (χ0v) is 32.1. The van der Waals surface area contributed by atoms with E-state index in [2.05, 4.69) is 170 Å². The minimum absolute atomic E-state index is 0.772. The van der Waals surface area contributed by atoms with E-state index in [-0.39, 0.29) is 0 Å². The molecule has 0 heterocycles. The highest BCUT2D eigenvalue weighted by Gasteiger charge is 2.16. The van der Waals surface area contributed by atoms with Crippen LogP contribution in [0.4, 0.5) is 0 Å². The fourth-order valence-electron chi connectivity index (χ4n) is 5.60. The molecule has 2 N–H and O–H groups in total. The Bertz CT molecular complexity index is 2030. The van der Waals surface area contributed by atoms with E-state index in [9.17, 15) is 0 Å². The van der Waals surface area contributed by atoms with Crippen LogP contribution in [-0.2, 0) is 0 Å². The van der Waals surface area contributed by atoms with Crippen LogP contribution in [0.15, 0.2) is 175 Å². The van der Waals surface area contributed by atoms with Gasteiger partial charge in [-0.25, -0.2) is 0 Å². The van der Waals surface area contributed by atoms with Gasteiger partial charge in [-0.3, -0.25) is 0 Å². The molecule has 0 atom stereocenters. The summed E-state index contributed by atoms with van der Waals surface area (Å²) < 4.78 is 0. The van der Waals surface area contributed by atoms with Crippen molar-refractivity contribution in [2.24, 2.45) is 5.73 Å². The largest absolute Gasteiger partial charge is 0.399 e. The van der Waals surface area contributed by atoms with Crippen LogP contribution in [-0.4, -0.2) is 0 Å². The van der Waals surface area contributed by atoms with E-state index in [4.69, 9.17) is 5.73 Å². The highest BCUT2D eigenvalue weighted by molar-refractivity contribution is 6.21. The molecule has 1 nitrogen and oxygen atoms in total. The summed E-state index contributed by atoms with van der Waals surface area (Å²) in [5.41, 5.74) is 17.8. The van der Waals surface area contributed by atoms with Crippen LogP contribution in [0.2, 0.25) is 0 Å². The number of hydrogen-bond donors (Lipinski definition) is 1. The van der Waals surface area contributed by atoms with Crippen molar-refractivity contribution in [2.45, 2.75) is 68.2 Å². The number of fused-ring (bicyclic) bond motifs is 2. The Balaban J connectivity index is 0.000000277. The van der Waals surface area contributed by atoms with Crippen molar-refractivity contribution < 1.29 is 0 Å². The molecule has 51 heavy (non-hydrogen) atoms. The van der Waals surface area contributed by atoms with Gasteiger partial charge in [0.2, 0.25) is 0 Å². The second-order valence-electron chi connectivity index (χ2n) is 13.0. The summed E-state index contributed by atoms with van der Waals surface area (Å²) in [6.07, 6.45) is 20.2. The van der Waals surface area contributed by atoms with Gasteiger partial charge in [0.15, 0.2) is 0 Å². The first-order chi connectivity index (χ1) is 24.6. The van der Waals surface area contributed by atoms with E-state index in [1.807, 2.05) is 43.4 Å². The van der Waals surface area contributed by atoms with Crippen molar-refractivity contribution in [3.8, 4) is 22.3 Å². The third-order valence-electron chi connectivity index (χ3n) is 8.53. The summed E-state index contributed by atoms with van der Waals surface area (Å²) in [7, 11) is 0. The van der Waals surface area contributed by atoms with Gasteiger partial charge in [-0.05, 0) is 122 Å². The van der Waals surface area contributed by atoms with Gasteiger partial charge in [0.1, 0.15) is 0 Å². The normalized spacial score (nSPS) is 11.6. The van der Waals surface area contributed by atoms with Gasteiger partial charge >= 0.3 is 0 Å². The third kappa shape index (κ3) is 11.9. The van der Waals surface area contributed by atoms with Gasteiger partial charge in [0.05, 0.1) is 0 Å². The molecule has 5 rings (SSSR count). The summed E-state index contributed by atoms with van der Waals surface area (Å²) in [4.78, 5) is 0. The molecule has 0 aliphatic rings. The fraction of sp³-hybridized carbons (Fsp3) is 0.200. The van der Waals surface area contributed by atoms with Crippen LogP contribution in [0.1, 0.15) is 72.4 Å². The maximum atomic E-state index is 5.63. The second-order valence-corrected chi connectivity index (χ2v) is 13.0. The van der Waals surface area contributed by atoms with Gasteiger partial charge < -0.3 is 5.73 Å². The molecule has 0 unspecified atom stereocenters. The third-order valence-corrected chi connectivity index (χ3v) is 8.53. The molecule has 0 amide bonds. The summed E-state index contributed by atoms with van der Waals surface area (Å²) in [5.74, 6) is 0. The predicted octanol–water partition coefficient (Wildman–Crippen LogP) is 14.9. The van der Waals surface area contributed by atoms with Crippen molar-refractivity contribution >= 4 is 27.1 Å². The number of aryl methyl sites for hydroxylation is 1. The minimum atomic E-state index is 0.772. The maximum absolute atomic E-state index is 5.63. The smallest absolute Gasteiger partial charge is 0.0313 e. The zero-order valence-electron chi connectivity index (χ0n) is 32.1. The molecule has 0 saturated carbocycles. The molecule has 0 spiro atoms. The van der Waals surface area contributed by atoms with E-state index >= 15 is 0 Å². The van der Waals surface area contributed by atoms with Gasteiger partial charge in [-0.15, -0.1) is 0 Å². The number of nitrogens with two attached hydrogens (primary N) is 1. The lowest BCUT2D eigenvalue weighted by atomic mass is 9.85. The Kier molecular flexibility index (Phi) is 16.5. The molecule has 0 radical (unpaired) electrons. The van der Waals surface area contributed by atoms with E-state index < -0.39 is 0 Å². The van der Waals surface area contributed by atoms with Gasteiger partial charge in [0.25, 0.3) is 0 Å². The standard InChI is InChI=1S/C30H24.C11H17N.C9H16/c1-20(2)22-11-9-13-24(19-22)30-27-16-6-4-14-25(27)29(23-12-8-10-21(3)18-23)26-15-5-7-17-28(26)30;1-3-5-7-8-10-11(12)9-6-4-2;1-5-6-7-9(4)8(2)3/h4-19H,1H2,2-3H3;4-10H,3,12H2,1-2H3;6-7H,5H2,1-4H3/b;6-4-,7-5-,10-8-,11-9-;7-6-. The molecule has 5 aromatic carbocycles. The van der Waals surface area contributed by atoms with E-state index in [1.165, 1.54) is 66.1 Å². The van der Waals surface area contributed by atoms with E-state index in [1.54, 1.807) is 0 Å². The number of allylic oxidation sites excluding steroid dienone is 12. The summed E-state index contributed by atoms with van der Waals surface area (Å²) in [5, 5.41) is 5.15. The van der Waals surface area contributed by atoms with Crippen molar-refractivity contribution in [1.29, 1.82) is 0 Å². The van der Waals surface area contributed by atoms with E-state index in [0.717, 1.165) is 24.1 Å². The highest BCUT2D eigenvalue weighted by atomic mass is 14.5. The highest BCUT2D eigenvalue weighted by Crippen LogP contribution is 2.43. The fourth-order valence-corrected chi connectivity index (χ4v) is 5.60. The quantitative estimate of drug-likeness (QED) is 0.122. The minimum Gasteiger partial charge on any atom is -0.399 e.